The first-order valence-electron chi connectivity index (χ1n) is 12.6. The van der Waals surface area contributed by atoms with Gasteiger partial charge in [-0.3, -0.25) is 19.4 Å². The normalized spacial score (nSPS) is 18.9. The quantitative estimate of drug-likeness (QED) is 0.458. The first-order valence-corrected chi connectivity index (χ1v) is 13.0. The Kier molecular flexibility index (Phi) is 8.97. The van der Waals surface area contributed by atoms with Gasteiger partial charge >= 0.3 is 6.18 Å². The fourth-order valence-electron chi connectivity index (χ4n) is 5.00. The van der Waals surface area contributed by atoms with E-state index in [1.165, 1.54) is 24.3 Å². The summed E-state index contributed by atoms with van der Waals surface area (Å²) >= 11 is 6.16. The zero-order valence-corrected chi connectivity index (χ0v) is 21.8. The molecule has 2 amide bonds. The second-order valence-electron chi connectivity index (χ2n) is 9.74. The molecule has 0 bridgehead atoms. The average molecular weight is 574 g/mol. The molecule has 2 aliphatic heterocycles. The summed E-state index contributed by atoms with van der Waals surface area (Å²) in [4.78, 5) is 29.9. The fraction of sp³-hybridized carbons (Fsp3) is 0.462. The van der Waals surface area contributed by atoms with E-state index in [-0.39, 0.29) is 18.7 Å². The Morgan fingerprint density at radius 1 is 1.03 bits per heavy atom. The van der Waals surface area contributed by atoms with Gasteiger partial charge in [0, 0.05) is 49.9 Å². The fourth-order valence-corrected chi connectivity index (χ4v) is 5.17. The third kappa shape index (κ3) is 7.17. The van der Waals surface area contributed by atoms with Gasteiger partial charge in [0.15, 0.2) is 11.6 Å². The van der Waals surface area contributed by atoms with Crippen LogP contribution in [0.5, 0.6) is 0 Å². The van der Waals surface area contributed by atoms with Crippen molar-refractivity contribution in [2.24, 2.45) is 5.73 Å². The molecule has 0 aromatic heterocycles. The molecule has 7 nitrogen and oxygen atoms in total. The summed E-state index contributed by atoms with van der Waals surface area (Å²) in [6, 6.07) is 6.62. The van der Waals surface area contributed by atoms with E-state index in [9.17, 15) is 27.2 Å². The van der Waals surface area contributed by atoms with Crippen molar-refractivity contribution in [1.82, 2.24) is 9.80 Å². The third-order valence-electron chi connectivity index (χ3n) is 7.10. The second kappa shape index (κ2) is 12.1. The van der Waals surface area contributed by atoms with E-state index in [0.29, 0.717) is 62.0 Å². The van der Waals surface area contributed by atoms with Crippen LogP contribution in [0.15, 0.2) is 30.3 Å². The highest BCUT2D eigenvalue weighted by Crippen LogP contribution is 2.32. The number of likely N-dealkylation sites (tertiary alicyclic amines) is 1. The van der Waals surface area contributed by atoms with Gasteiger partial charge in [-0.05, 0) is 43.7 Å². The number of hydrogen-bond donors (Lipinski definition) is 2. The molecule has 13 heteroatoms. The maximum atomic E-state index is 15.0. The molecule has 2 heterocycles. The first-order chi connectivity index (χ1) is 18.4. The molecule has 0 aliphatic carbocycles. The van der Waals surface area contributed by atoms with Crippen LogP contribution in [-0.2, 0) is 11.3 Å². The van der Waals surface area contributed by atoms with Crippen LogP contribution in [0.2, 0.25) is 5.02 Å². The number of alkyl halides is 3. The standard InChI is InChI=1S/C26H29ClF5N5O2/c27-17-4-6-19(21(14-17)36-12-10-35(11-13-36)9-7-26(30,31)32)34-25(39)18-5-3-16(22(28)23(18)29)15-37-8-1-2-20(37)24(33)38/h3-6,14,20H,1-2,7-13,15H2,(H2,33,38)(H,34,39)/t20-/m0/s1. The molecule has 0 radical (unpaired) electrons. The Bertz CT molecular complexity index is 1220. The van der Waals surface area contributed by atoms with Crippen LogP contribution in [0, 0.1) is 11.6 Å². The number of hydrogen-bond acceptors (Lipinski definition) is 5. The smallest absolute Gasteiger partial charge is 0.368 e. The number of halogens is 6. The van der Waals surface area contributed by atoms with Gasteiger partial charge in [0.25, 0.3) is 5.91 Å². The van der Waals surface area contributed by atoms with E-state index in [0.717, 1.165) is 0 Å². The first kappa shape index (κ1) is 29.0. The summed E-state index contributed by atoms with van der Waals surface area (Å²) in [5.41, 5.74) is 5.74. The lowest BCUT2D eigenvalue weighted by atomic mass is 10.1. The van der Waals surface area contributed by atoms with E-state index >= 15 is 4.39 Å². The van der Waals surface area contributed by atoms with Crippen molar-refractivity contribution in [3.8, 4) is 0 Å². The monoisotopic (exact) mass is 573 g/mol. The van der Waals surface area contributed by atoms with Gasteiger partial charge in [-0.1, -0.05) is 17.7 Å². The number of rotatable bonds is 8. The molecule has 212 valence electrons. The van der Waals surface area contributed by atoms with Crippen molar-refractivity contribution >= 4 is 34.8 Å². The van der Waals surface area contributed by atoms with Crippen LogP contribution in [0.1, 0.15) is 35.2 Å². The summed E-state index contributed by atoms with van der Waals surface area (Å²) in [5.74, 6) is -3.88. The number of nitrogens with one attached hydrogen (secondary N) is 1. The summed E-state index contributed by atoms with van der Waals surface area (Å²) in [7, 11) is 0. The summed E-state index contributed by atoms with van der Waals surface area (Å²) in [6.45, 7) is 1.94. The predicted octanol–water partition coefficient (Wildman–Crippen LogP) is 4.39. The zero-order valence-electron chi connectivity index (χ0n) is 21.0. The van der Waals surface area contributed by atoms with Crippen LogP contribution in [0.4, 0.5) is 33.3 Å². The molecule has 0 spiro atoms. The topological polar surface area (TPSA) is 81.9 Å². The minimum absolute atomic E-state index is 0.00720. The van der Waals surface area contributed by atoms with E-state index < -0.39 is 47.7 Å². The lowest BCUT2D eigenvalue weighted by Gasteiger charge is -2.37. The van der Waals surface area contributed by atoms with Gasteiger partial charge in [-0.15, -0.1) is 0 Å². The maximum Gasteiger partial charge on any atom is 0.390 e. The largest absolute Gasteiger partial charge is 0.390 e. The Hall–Kier alpha value is -2.96. The Balaban J connectivity index is 1.45. The number of nitrogens with zero attached hydrogens (tertiary/aromatic N) is 3. The molecule has 2 fully saturated rings. The van der Waals surface area contributed by atoms with Gasteiger partial charge in [-0.25, -0.2) is 8.78 Å². The van der Waals surface area contributed by atoms with Gasteiger partial charge in [0.1, 0.15) is 0 Å². The van der Waals surface area contributed by atoms with Gasteiger partial charge in [0.2, 0.25) is 5.91 Å². The van der Waals surface area contributed by atoms with Crippen molar-refractivity contribution < 1.29 is 31.5 Å². The minimum Gasteiger partial charge on any atom is -0.368 e. The number of amides is 2. The van der Waals surface area contributed by atoms with E-state index in [1.807, 2.05) is 4.90 Å². The van der Waals surface area contributed by atoms with Crippen LogP contribution < -0.4 is 16.0 Å². The van der Waals surface area contributed by atoms with Crippen molar-refractivity contribution in [1.29, 1.82) is 0 Å². The van der Waals surface area contributed by atoms with E-state index in [1.54, 1.807) is 15.9 Å². The second-order valence-corrected chi connectivity index (χ2v) is 10.2. The van der Waals surface area contributed by atoms with Gasteiger partial charge < -0.3 is 16.0 Å². The molecule has 2 aliphatic rings. The predicted molar refractivity (Wildman–Crippen MR) is 138 cm³/mol. The van der Waals surface area contributed by atoms with Gasteiger partial charge in [-0.2, -0.15) is 13.2 Å². The van der Waals surface area contributed by atoms with Crippen molar-refractivity contribution in [3.05, 3.63) is 58.1 Å². The third-order valence-corrected chi connectivity index (χ3v) is 7.34. The maximum absolute atomic E-state index is 15.0. The van der Waals surface area contributed by atoms with Crippen LogP contribution in [-0.4, -0.2) is 73.1 Å². The molecular weight excluding hydrogens is 545 g/mol. The molecule has 39 heavy (non-hydrogen) atoms. The highest BCUT2D eigenvalue weighted by Gasteiger charge is 2.31. The number of benzene rings is 2. The molecule has 2 saturated heterocycles. The van der Waals surface area contributed by atoms with Crippen molar-refractivity contribution in [2.75, 3.05) is 49.5 Å². The van der Waals surface area contributed by atoms with Crippen molar-refractivity contribution in [3.63, 3.8) is 0 Å². The number of carbonyl (C=O) groups is 2. The Labute approximate surface area is 227 Å². The molecule has 0 unspecified atom stereocenters. The highest BCUT2D eigenvalue weighted by atomic mass is 35.5. The number of carbonyl (C=O) groups excluding carboxylic acids is 2. The van der Waals surface area contributed by atoms with E-state index in [4.69, 9.17) is 17.3 Å². The molecule has 3 N–H and O–H groups in total. The van der Waals surface area contributed by atoms with Crippen molar-refractivity contribution in [2.45, 2.75) is 38.0 Å². The molecule has 2 aromatic rings. The Morgan fingerprint density at radius 3 is 2.41 bits per heavy atom. The van der Waals surface area contributed by atoms with Crippen LogP contribution >= 0.6 is 11.6 Å². The number of primary amides is 1. The molecule has 4 rings (SSSR count). The van der Waals surface area contributed by atoms with Gasteiger partial charge in [0.05, 0.1) is 29.4 Å². The number of nitrogens with two attached hydrogens (primary N) is 1. The minimum atomic E-state index is -4.23. The zero-order chi connectivity index (χ0) is 28.3. The lowest BCUT2D eigenvalue weighted by Crippen LogP contribution is -2.47. The summed E-state index contributed by atoms with van der Waals surface area (Å²) in [6.07, 6.45) is -3.86. The number of piperazine rings is 1. The SMILES string of the molecule is NC(=O)[C@@H]1CCCN1Cc1ccc(C(=O)Nc2ccc(Cl)cc2N2CCN(CCC(F)(F)F)CC2)c(F)c1F. The van der Waals surface area contributed by atoms with Crippen LogP contribution in [0.3, 0.4) is 0 Å². The lowest BCUT2D eigenvalue weighted by molar-refractivity contribution is -0.138. The molecular formula is C26H29ClF5N5O2. The summed E-state index contributed by atoms with van der Waals surface area (Å²) in [5, 5.41) is 2.99. The van der Waals surface area contributed by atoms with E-state index in [2.05, 4.69) is 5.32 Å². The summed E-state index contributed by atoms with van der Waals surface area (Å²) < 4.78 is 67.6. The van der Waals surface area contributed by atoms with Crippen LogP contribution in [0.25, 0.3) is 0 Å². The highest BCUT2D eigenvalue weighted by molar-refractivity contribution is 6.31. The molecule has 0 saturated carbocycles. The Morgan fingerprint density at radius 2 is 1.74 bits per heavy atom. The number of anilines is 2. The average Bonchev–Trinajstić information content (AvgIpc) is 3.35. The molecule has 1 atom stereocenters. The molecule has 2 aromatic carbocycles.